The van der Waals surface area contributed by atoms with Crippen LogP contribution in [0.15, 0.2) is 0 Å². The van der Waals surface area contributed by atoms with Gasteiger partial charge in [0.25, 0.3) is 0 Å². The van der Waals surface area contributed by atoms with Gasteiger partial charge in [0.2, 0.25) is 0 Å². The Kier molecular flexibility index (Phi) is 8.38. The van der Waals surface area contributed by atoms with Gasteiger partial charge in [-0.15, -0.1) is 0 Å². The number of hydrogen-bond acceptors (Lipinski definition) is 6. The Morgan fingerprint density at radius 2 is 1.17 bits per heavy atom. The maximum Gasteiger partial charge on any atom is 0.111 e. The molecule has 238 valence electrons. The standard InChI is InChI=1S/C35H63NO5/c1-20(27(38)29(40)30(41)28(39)23(37)19-36)21-11-16-32(4)22(21)12-17-34(6)25(32)9-10-26-33(5)15-8-14-31(2,3)24(33)13-18-35(26,34)7/h20-30,37-41H,8-19,36H2,1-7H3/t20?,21-,22+,23?,24+,25-,26-,27?,28?,29?,30?,32+,33+,34-,35-/m1/s1. The second kappa shape index (κ2) is 10.7. The molecule has 5 fully saturated rings. The highest BCUT2D eigenvalue weighted by molar-refractivity contribution is 5.19. The summed E-state index contributed by atoms with van der Waals surface area (Å²) in [6, 6.07) is 0. The molecule has 5 aliphatic carbocycles. The van der Waals surface area contributed by atoms with Gasteiger partial charge < -0.3 is 31.3 Å². The molecule has 0 aromatic rings. The Hall–Kier alpha value is -0.240. The van der Waals surface area contributed by atoms with Crippen LogP contribution in [0.4, 0.5) is 0 Å². The molecular formula is C35H63NO5. The van der Waals surface area contributed by atoms with Crippen LogP contribution in [0.1, 0.15) is 119 Å². The molecule has 6 unspecified atom stereocenters. The van der Waals surface area contributed by atoms with Gasteiger partial charge in [-0.2, -0.15) is 0 Å². The molecule has 0 aromatic carbocycles. The lowest BCUT2D eigenvalue weighted by Gasteiger charge is -2.73. The number of aliphatic hydroxyl groups is 5. The largest absolute Gasteiger partial charge is 0.390 e. The van der Waals surface area contributed by atoms with E-state index in [1.165, 1.54) is 51.4 Å². The van der Waals surface area contributed by atoms with Crippen LogP contribution in [0.2, 0.25) is 0 Å². The summed E-state index contributed by atoms with van der Waals surface area (Å²) in [5.74, 6) is 2.81. The normalized spacial score (nSPS) is 49.8. The van der Waals surface area contributed by atoms with E-state index in [1.54, 1.807) is 0 Å². The van der Waals surface area contributed by atoms with Gasteiger partial charge in [0.1, 0.15) is 18.3 Å². The Morgan fingerprint density at radius 1 is 0.610 bits per heavy atom. The fourth-order valence-electron chi connectivity index (χ4n) is 13.3. The van der Waals surface area contributed by atoms with Crippen LogP contribution < -0.4 is 5.73 Å². The average Bonchev–Trinajstić information content (AvgIpc) is 3.27. The number of fused-ring (bicyclic) bond motifs is 7. The first-order chi connectivity index (χ1) is 19.0. The summed E-state index contributed by atoms with van der Waals surface area (Å²) in [5.41, 5.74) is 7.20. The van der Waals surface area contributed by atoms with Crippen LogP contribution in [0.25, 0.3) is 0 Å². The lowest BCUT2D eigenvalue weighted by atomic mass is 9.32. The van der Waals surface area contributed by atoms with Crippen molar-refractivity contribution in [3.05, 3.63) is 0 Å². The van der Waals surface area contributed by atoms with Crippen molar-refractivity contribution in [1.29, 1.82) is 0 Å². The van der Waals surface area contributed by atoms with Crippen molar-refractivity contribution in [3.8, 4) is 0 Å². The number of nitrogens with two attached hydrogens (primary N) is 1. The molecule has 5 saturated carbocycles. The van der Waals surface area contributed by atoms with Gasteiger partial charge >= 0.3 is 0 Å². The quantitative estimate of drug-likeness (QED) is 0.256. The van der Waals surface area contributed by atoms with E-state index < -0.39 is 30.5 Å². The van der Waals surface area contributed by atoms with Gasteiger partial charge in [-0.05, 0) is 127 Å². The molecule has 5 rings (SSSR count). The molecule has 0 radical (unpaired) electrons. The van der Waals surface area contributed by atoms with Gasteiger partial charge in [0.05, 0.1) is 12.2 Å². The van der Waals surface area contributed by atoms with E-state index in [0.717, 1.165) is 31.1 Å². The number of aliphatic hydroxyl groups excluding tert-OH is 5. The van der Waals surface area contributed by atoms with Gasteiger partial charge in [-0.1, -0.05) is 54.9 Å². The van der Waals surface area contributed by atoms with E-state index >= 15 is 0 Å². The summed E-state index contributed by atoms with van der Waals surface area (Å²) >= 11 is 0. The van der Waals surface area contributed by atoms with E-state index in [2.05, 4.69) is 41.5 Å². The zero-order valence-electron chi connectivity index (χ0n) is 27.1. The minimum absolute atomic E-state index is 0.210. The van der Waals surface area contributed by atoms with Gasteiger partial charge in [-0.3, -0.25) is 0 Å². The number of hydrogen-bond donors (Lipinski definition) is 6. The molecule has 0 saturated heterocycles. The summed E-state index contributed by atoms with van der Waals surface area (Å²) in [7, 11) is 0. The van der Waals surface area contributed by atoms with Gasteiger partial charge in [-0.25, -0.2) is 0 Å². The topological polar surface area (TPSA) is 127 Å². The zero-order valence-corrected chi connectivity index (χ0v) is 27.1. The molecule has 0 heterocycles. The second-order valence-corrected chi connectivity index (χ2v) is 17.4. The lowest BCUT2D eigenvalue weighted by Crippen LogP contribution is -2.65. The van der Waals surface area contributed by atoms with E-state index in [4.69, 9.17) is 5.73 Å². The summed E-state index contributed by atoms with van der Waals surface area (Å²) in [6.07, 6.45) is 6.79. The van der Waals surface area contributed by atoms with Crippen molar-refractivity contribution in [3.63, 3.8) is 0 Å². The maximum absolute atomic E-state index is 11.2. The summed E-state index contributed by atoms with van der Waals surface area (Å²) < 4.78 is 0. The number of rotatable bonds is 7. The van der Waals surface area contributed by atoms with Crippen LogP contribution >= 0.6 is 0 Å². The van der Waals surface area contributed by atoms with E-state index in [1.807, 2.05) is 6.92 Å². The van der Waals surface area contributed by atoms with Crippen LogP contribution in [0, 0.1) is 62.6 Å². The van der Waals surface area contributed by atoms with Crippen molar-refractivity contribution >= 4 is 0 Å². The van der Waals surface area contributed by atoms with Gasteiger partial charge in [0.15, 0.2) is 0 Å². The fourth-order valence-corrected chi connectivity index (χ4v) is 13.3. The minimum Gasteiger partial charge on any atom is -0.390 e. The SMILES string of the molecule is CC(C(O)C(O)C(O)C(O)C(O)CN)[C@H]1CC[C@]2(C)[C@H]3CC[C@@H]4[C@@]5(C)CCCC(C)(C)[C@@H]5CC[C@@]4(C)[C@]3(C)CC[C@@H]12. The second-order valence-electron chi connectivity index (χ2n) is 17.4. The molecule has 0 aromatic heterocycles. The Balaban J connectivity index is 1.36. The maximum atomic E-state index is 11.2. The summed E-state index contributed by atoms with van der Waals surface area (Å²) in [6.45, 7) is 17.4. The molecular weight excluding hydrogens is 514 g/mol. The van der Waals surface area contributed by atoms with Crippen molar-refractivity contribution in [2.45, 2.75) is 150 Å². The average molecular weight is 578 g/mol. The van der Waals surface area contributed by atoms with E-state index in [9.17, 15) is 25.5 Å². The van der Waals surface area contributed by atoms with Crippen LogP contribution in [-0.4, -0.2) is 62.6 Å². The predicted octanol–water partition coefficient (Wildman–Crippen LogP) is 4.88. The molecule has 7 N–H and O–H groups in total. The Bertz CT molecular complexity index is 959. The van der Waals surface area contributed by atoms with Crippen molar-refractivity contribution in [1.82, 2.24) is 0 Å². The third-order valence-corrected chi connectivity index (χ3v) is 15.7. The first-order valence-corrected chi connectivity index (χ1v) is 17.1. The zero-order chi connectivity index (χ0) is 30.3. The van der Waals surface area contributed by atoms with Crippen LogP contribution in [-0.2, 0) is 0 Å². The first kappa shape index (κ1) is 32.2. The Morgan fingerprint density at radius 3 is 1.78 bits per heavy atom. The molecule has 0 spiro atoms. The van der Waals surface area contributed by atoms with Crippen molar-refractivity contribution in [2.75, 3.05) is 6.54 Å². The highest BCUT2D eigenvalue weighted by Gasteiger charge is 2.70. The van der Waals surface area contributed by atoms with Crippen LogP contribution in [0.3, 0.4) is 0 Å². The first-order valence-electron chi connectivity index (χ1n) is 17.1. The smallest absolute Gasteiger partial charge is 0.111 e. The summed E-state index contributed by atoms with van der Waals surface area (Å²) in [4.78, 5) is 0. The third-order valence-electron chi connectivity index (χ3n) is 15.7. The lowest BCUT2D eigenvalue weighted by molar-refractivity contribution is -0.242. The van der Waals surface area contributed by atoms with E-state index in [-0.39, 0.29) is 23.8 Å². The van der Waals surface area contributed by atoms with Crippen molar-refractivity contribution in [2.24, 2.45) is 68.3 Å². The highest BCUT2D eigenvalue weighted by atomic mass is 16.4. The molecule has 5 aliphatic rings. The fraction of sp³-hybridized carbons (Fsp3) is 1.00. The minimum atomic E-state index is -1.65. The monoisotopic (exact) mass is 577 g/mol. The van der Waals surface area contributed by atoms with Crippen molar-refractivity contribution < 1.29 is 25.5 Å². The Labute approximate surface area is 249 Å². The molecule has 0 bridgehead atoms. The molecule has 15 atom stereocenters. The van der Waals surface area contributed by atoms with Crippen LogP contribution in [0.5, 0.6) is 0 Å². The molecule has 6 nitrogen and oxygen atoms in total. The predicted molar refractivity (Wildman–Crippen MR) is 163 cm³/mol. The summed E-state index contributed by atoms with van der Waals surface area (Å²) in [5, 5.41) is 52.7. The van der Waals surface area contributed by atoms with Gasteiger partial charge in [0, 0.05) is 6.54 Å². The molecule has 6 heteroatoms. The molecule has 0 aliphatic heterocycles. The van der Waals surface area contributed by atoms with E-state index in [0.29, 0.717) is 33.5 Å². The third kappa shape index (κ3) is 4.54. The highest BCUT2D eigenvalue weighted by Crippen LogP contribution is 2.78. The molecule has 0 amide bonds. The molecule has 41 heavy (non-hydrogen) atoms.